The molecular weight excluding hydrogens is 246 g/mol. The molecule has 0 atom stereocenters. The highest BCUT2D eigenvalue weighted by atomic mass is 15.0. The zero-order valence-electron chi connectivity index (χ0n) is 11.1. The van der Waals surface area contributed by atoms with Crippen molar-refractivity contribution in [2.24, 2.45) is 0 Å². The molecule has 1 aliphatic rings. The predicted molar refractivity (Wildman–Crippen MR) is 78.9 cm³/mol. The third-order valence-electron chi connectivity index (χ3n) is 2.90. The van der Waals surface area contributed by atoms with Gasteiger partial charge >= 0.3 is 0 Å². The summed E-state index contributed by atoms with van der Waals surface area (Å²) in [6.07, 6.45) is 12.1. The summed E-state index contributed by atoms with van der Waals surface area (Å²) >= 11 is 0. The highest BCUT2D eigenvalue weighted by Crippen LogP contribution is 2.07. The molecule has 3 nitrogen and oxygen atoms in total. The molecule has 0 saturated heterocycles. The van der Waals surface area contributed by atoms with Crippen molar-refractivity contribution >= 4 is 11.6 Å². The first-order chi connectivity index (χ1) is 9.72. The van der Waals surface area contributed by atoms with E-state index < -0.39 is 0 Å². The van der Waals surface area contributed by atoms with E-state index in [0.29, 0.717) is 5.22 Å². The van der Waals surface area contributed by atoms with E-state index in [-0.39, 0.29) is 5.57 Å². The van der Waals surface area contributed by atoms with E-state index >= 15 is 0 Å². The zero-order valence-corrected chi connectivity index (χ0v) is 11.1. The van der Waals surface area contributed by atoms with Crippen molar-refractivity contribution in [3.63, 3.8) is 0 Å². The predicted octanol–water partition coefficient (Wildman–Crippen LogP) is 1.56. The van der Waals surface area contributed by atoms with Crippen LogP contribution >= 0.6 is 0 Å². The second kappa shape index (κ2) is 6.22. The number of nitrogens with zero attached hydrogens (tertiary/aromatic N) is 3. The van der Waals surface area contributed by atoms with Crippen LogP contribution < -0.4 is 10.4 Å². The lowest BCUT2D eigenvalue weighted by Crippen LogP contribution is -2.09. The van der Waals surface area contributed by atoms with Gasteiger partial charge in [-0.2, -0.15) is 10.5 Å². The summed E-state index contributed by atoms with van der Waals surface area (Å²) in [5.41, 5.74) is 1.25. The van der Waals surface area contributed by atoms with Crippen molar-refractivity contribution in [1.82, 2.24) is 4.90 Å². The normalized spacial score (nSPS) is 12.6. The Morgan fingerprint density at radius 3 is 2.15 bits per heavy atom. The van der Waals surface area contributed by atoms with E-state index in [4.69, 9.17) is 10.5 Å². The molecule has 0 bridgehead atoms. The van der Waals surface area contributed by atoms with Gasteiger partial charge in [-0.25, -0.2) is 0 Å². The standard InChI is InChI=1S/C17H13N3/c1-20-10-8-15(9-11-20)3-2-14-4-6-16(7-5-14)17(12-18)13-19/h2-11H,1H3. The molecule has 0 aliphatic carbocycles. The third kappa shape index (κ3) is 3.25. The molecule has 96 valence electrons. The fourth-order valence-electron chi connectivity index (χ4n) is 1.73. The zero-order chi connectivity index (χ0) is 14.4. The fraction of sp³-hybridized carbons (Fsp3) is 0.0588. The summed E-state index contributed by atoms with van der Waals surface area (Å²) in [6, 6.07) is 11.1. The highest BCUT2D eigenvalue weighted by Gasteiger charge is 1.94. The van der Waals surface area contributed by atoms with E-state index in [9.17, 15) is 0 Å². The van der Waals surface area contributed by atoms with Gasteiger partial charge in [0.05, 0.1) is 0 Å². The van der Waals surface area contributed by atoms with Crippen molar-refractivity contribution in [3.05, 3.63) is 70.9 Å². The Labute approximate surface area is 118 Å². The van der Waals surface area contributed by atoms with Crippen molar-refractivity contribution in [2.75, 3.05) is 7.05 Å². The molecule has 2 rings (SSSR count). The van der Waals surface area contributed by atoms with Gasteiger partial charge in [-0.3, -0.25) is 0 Å². The lowest BCUT2D eigenvalue weighted by atomic mass is 10.1. The SMILES string of the molecule is CN1C=CC(=CC=c2ccc(=C(C#N)C#N)cc2)C=C1. The fourth-order valence-corrected chi connectivity index (χ4v) is 1.73. The van der Waals surface area contributed by atoms with Gasteiger partial charge in [-0.1, -0.05) is 36.4 Å². The summed E-state index contributed by atoms with van der Waals surface area (Å²) < 4.78 is 0. The maximum atomic E-state index is 8.80. The van der Waals surface area contributed by atoms with Crippen LogP contribution in [0.25, 0.3) is 11.6 Å². The van der Waals surface area contributed by atoms with Gasteiger partial charge in [-0.05, 0) is 22.9 Å². The topological polar surface area (TPSA) is 50.8 Å². The van der Waals surface area contributed by atoms with Crippen molar-refractivity contribution in [1.29, 1.82) is 10.5 Å². The van der Waals surface area contributed by atoms with Gasteiger partial charge in [0, 0.05) is 24.7 Å². The molecule has 1 aromatic carbocycles. The lowest BCUT2D eigenvalue weighted by molar-refractivity contribution is 0.620. The number of hydrogen-bond donors (Lipinski definition) is 0. The van der Waals surface area contributed by atoms with Gasteiger partial charge in [0.25, 0.3) is 0 Å². The van der Waals surface area contributed by atoms with Crippen LogP contribution in [-0.4, -0.2) is 11.9 Å². The number of rotatable bonds is 1. The van der Waals surface area contributed by atoms with Crippen LogP contribution in [0, 0.1) is 22.7 Å². The molecule has 1 aromatic rings. The second-order valence-electron chi connectivity index (χ2n) is 4.35. The summed E-state index contributed by atoms with van der Waals surface area (Å²) in [5, 5.41) is 19.3. The maximum Gasteiger partial charge on any atom is 0.136 e. The summed E-state index contributed by atoms with van der Waals surface area (Å²) in [5.74, 6) is 0. The van der Waals surface area contributed by atoms with E-state index in [0.717, 1.165) is 10.8 Å². The Hall–Kier alpha value is -3.04. The van der Waals surface area contributed by atoms with Crippen LogP contribution in [0.1, 0.15) is 0 Å². The average molecular weight is 259 g/mol. The van der Waals surface area contributed by atoms with Gasteiger partial charge in [0.2, 0.25) is 0 Å². The summed E-state index contributed by atoms with van der Waals surface area (Å²) in [4.78, 5) is 1.98. The second-order valence-corrected chi connectivity index (χ2v) is 4.35. The molecule has 0 fully saturated rings. The maximum absolute atomic E-state index is 8.80. The van der Waals surface area contributed by atoms with E-state index in [1.165, 1.54) is 0 Å². The number of benzene rings is 1. The van der Waals surface area contributed by atoms with Crippen LogP contribution in [0.3, 0.4) is 0 Å². The molecule has 0 N–H and O–H groups in total. The average Bonchev–Trinajstić information content (AvgIpc) is 2.49. The molecule has 0 aromatic heterocycles. The molecule has 0 radical (unpaired) electrons. The highest BCUT2D eigenvalue weighted by molar-refractivity contribution is 5.72. The number of allylic oxidation sites excluding steroid dienone is 4. The van der Waals surface area contributed by atoms with E-state index in [2.05, 4.69) is 0 Å². The summed E-state index contributed by atoms with van der Waals surface area (Å²) in [7, 11) is 1.98. The minimum atomic E-state index is 0.135. The monoisotopic (exact) mass is 259 g/mol. The van der Waals surface area contributed by atoms with Crippen LogP contribution in [-0.2, 0) is 0 Å². The van der Waals surface area contributed by atoms with E-state index in [1.807, 2.05) is 72.9 Å². The smallest absolute Gasteiger partial charge is 0.136 e. The van der Waals surface area contributed by atoms with Crippen molar-refractivity contribution in [3.8, 4) is 12.1 Å². The minimum Gasteiger partial charge on any atom is -0.357 e. The molecule has 0 unspecified atom stereocenters. The Morgan fingerprint density at radius 1 is 1.00 bits per heavy atom. The Balaban J connectivity index is 2.31. The Kier molecular flexibility index (Phi) is 4.17. The van der Waals surface area contributed by atoms with Crippen molar-refractivity contribution < 1.29 is 0 Å². The quantitative estimate of drug-likeness (QED) is 0.769. The molecule has 1 aliphatic heterocycles. The summed E-state index contributed by atoms with van der Waals surface area (Å²) in [6.45, 7) is 0. The first-order valence-electron chi connectivity index (χ1n) is 6.14. The molecule has 0 amide bonds. The van der Waals surface area contributed by atoms with Crippen LogP contribution in [0.15, 0.2) is 60.5 Å². The molecule has 0 spiro atoms. The number of nitriles is 2. The minimum absolute atomic E-state index is 0.135. The van der Waals surface area contributed by atoms with E-state index in [1.54, 1.807) is 12.1 Å². The first-order valence-corrected chi connectivity index (χ1v) is 6.14. The van der Waals surface area contributed by atoms with Gasteiger partial charge in [0.15, 0.2) is 0 Å². The first kappa shape index (κ1) is 13.4. The molecule has 20 heavy (non-hydrogen) atoms. The molecule has 3 heteroatoms. The number of hydrogen-bond acceptors (Lipinski definition) is 3. The van der Waals surface area contributed by atoms with Crippen molar-refractivity contribution in [2.45, 2.75) is 0 Å². The lowest BCUT2D eigenvalue weighted by Gasteiger charge is -2.11. The van der Waals surface area contributed by atoms with Crippen LogP contribution in [0.4, 0.5) is 0 Å². The van der Waals surface area contributed by atoms with Gasteiger partial charge in [-0.15, -0.1) is 0 Å². The molecule has 1 heterocycles. The van der Waals surface area contributed by atoms with Gasteiger partial charge < -0.3 is 4.90 Å². The third-order valence-corrected chi connectivity index (χ3v) is 2.90. The van der Waals surface area contributed by atoms with Gasteiger partial charge in [0.1, 0.15) is 17.7 Å². The van der Waals surface area contributed by atoms with Crippen LogP contribution in [0.2, 0.25) is 0 Å². The molecular formula is C17H13N3. The largest absolute Gasteiger partial charge is 0.357 e. The molecule has 0 saturated carbocycles. The Morgan fingerprint density at radius 2 is 1.60 bits per heavy atom. The Bertz CT molecular complexity index is 741. The van der Waals surface area contributed by atoms with Crippen LogP contribution in [0.5, 0.6) is 0 Å².